The van der Waals surface area contributed by atoms with Crippen molar-refractivity contribution in [1.82, 2.24) is 29.7 Å². The number of hydrogen-bond acceptors (Lipinski definition) is 6. The maximum Gasteiger partial charge on any atom is 0.257 e. The summed E-state index contributed by atoms with van der Waals surface area (Å²) in [7, 11) is 3.67. The molecule has 1 amide bonds. The lowest BCUT2D eigenvalue weighted by Crippen LogP contribution is -2.39. The minimum atomic E-state index is -0.180. The zero-order valence-electron chi connectivity index (χ0n) is 20.4. The second kappa shape index (κ2) is 10.6. The van der Waals surface area contributed by atoms with Gasteiger partial charge in [-0.3, -0.25) is 9.69 Å². The summed E-state index contributed by atoms with van der Waals surface area (Å²) in [5.74, 6) is 1.12. The van der Waals surface area contributed by atoms with Gasteiger partial charge in [0.15, 0.2) is 12.3 Å². The largest absolute Gasteiger partial charge is 0.484 e. The zero-order chi connectivity index (χ0) is 25.1. The van der Waals surface area contributed by atoms with E-state index >= 15 is 0 Å². The first kappa shape index (κ1) is 24.1. The zero-order valence-corrected chi connectivity index (χ0v) is 21.2. The quantitative estimate of drug-likeness (QED) is 0.335. The number of carbonyl (C=O) groups is 1. The molecule has 0 atom stereocenters. The number of pyridine rings is 1. The van der Waals surface area contributed by atoms with Crippen LogP contribution in [-0.2, 0) is 18.4 Å². The van der Waals surface area contributed by atoms with Crippen molar-refractivity contribution in [2.24, 2.45) is 7.05 Å². The highest BCUT2D eigenvalue weighted by atomic mass is 35.5. The SMILES string of the molecule is CNC(=O)COc1ccc(-c2nc3ncc(Cl)c(NC4CCN(Cc5cccn5C)CC4)c3[nH]2)cc1. The Balaban J connectivity index is 1.27. The summed E-state index contributed by atoms with van der Waals surface area (Å²) >= 11 is 6.58. The molecule has 1 aromatic carbocycles. The number of nitrogens with zero attached hydrogens (tertiary/aromatic N) is 4. The molecule has 4 heterocycles. The van der Waals surface area contributed by atoms with E-state index in [0.717, 1.165) is 49.2 Å². The number of anilines is 1. The first-order chi connectivity index (χ1) is 17.5. The molecule has 0 unspecified atom stereocenters. The van der Waals surface area contributed by atoms with Gasteiger partial charge in [-0.1, -0.05) is 11.6 Å². The van der Waals surface area contributed by atoms with Gasteiger partial charge in [-0.2, -0.15) is 0 Å². The van der Waals surface area contributed by atoms with Gasteiger partial charge in [0.25, 0.3) is 5.91 Å². The van der Waals surface area contributed by atoms with E-state index in [0.29, 0.717) is 28.3 Å². The Kier molecular flexibility index (Phi) is 7.11. The standard InChI is InChI=1S/C26H30ClN7O2/c1-28-22(35)16-36-20-7-5-17(6-8-20)25-31-24-23(21(27)14-29-26(24)32-25)30-18-9-12-34(13-10-18)15-19-4-3-11-33(19)2/h3-8,11,14,18H,9-10,12-13,15-16H2,1-2H3,(H,28,35)(H2,29,30,31,32). The number of aromatic nitrogens is 4. The van der Waals surface area contributed by atoms with E-state index in [-0.39, 0.29) is 12.5 Å². The van der Waals surface area contributed by atoms with E-state index in [1.54, 1.807) is 13.2 Å². The Morgan fingerprint density at radius 2 is 2.00 bits per heavy atom. The van der Waals surface area contributed by atoms with Crippen molar-refractivity contribution in [3.8, 4) is 17.1 Å². The Morgan fingerprint density at radius 3 is 2.69 bits per heavy atom. The number of rotatable bonds is 8. The fraction of sp³-hybridized carbons (Fsp3) is 0.346. The van der Waals surface area contributed by atoms with Crippen LogP contribution in [0.5, 0.6) is 5.75 Å². The highest BCUT2D eigenvalue weighted by Gasteiger charge is 2.22. The minimum Gasteiger partial charge on any atom is -0.484 e. The molecule has 36 heavy (non-hydrogen) atoms. The fourth-order valence-electron chi connectivity index (χ4n) is 4.47. The molecule has 1 saturated heterocycles. The van der Waals surface area contributed by atoms with Gasteiger partial charge in [-0.25, -0.2) is 9.97 Å². The molecule has 188 valence electrons. The number of H-pyrrole nitrogens is 1. The first-order valence-corrected chi connectivity index (χ1v) is 12.4. The molecule has 9 nitrogen and oxygen atoms in total. The molecule has 10 heteroatoms. The van der Waals surface area contributed by atoms with Crippen LogP contribution >= 0.6 is 11.6 Å². The number of imidazole rings is 1. The maximum absolute atomic E-state index is 11.4. The number of fused-ring (bicyclic) bond motifs is 1. The molecular weight excluding hydrogens is 478 g/mol. The van der Waals surface area contributed by atoms with E-state index in [9.17, 15) is 4.79 Å². The Bertz CT molecular complexity index is 1340. The van der Waals surface area contributed by atoms with Gasteiger partial charge in [0.1, 0.15) is 17.1 Å². The van der Waals surface area contributed by atoms with E-state index in [4.69, 9.17) is 16.3 Å². The van der Waals surface area contributed by atoms with E-state index in [2.05, 4.69) is 60.4 Å². The molecule has 1 aliphatic heterocycles. The van der Waals surface area contributed by atoms with Crippen LogP contribution in [0.15, 0.2) is 48.8 Å². The lowest BCUT2D eigenvalue weighted by molar-refractivity contribution is -0.122. The van der Waals surface area contributed by atoms with Crippen LogP contribution in [0.25, 0.3) is 22.6 Å². The number of aromatic amines is 1. The lowest BCUT2D eigenvalue weighted by Gasteiger charge is -2.33. The van der Waals surface area contributed by atoms with E-state index in [1.165, 1.54) is 5.69 Å². The molecule has 0 aliphatic carbocycles. The Labute approximate surface area is 214 Å². The van der Waals surface area contributed by atoms with Gasteiger partial charge < -0.3 is 24.9 Å². The average molecular weight is 508 g/mol. The number of aryl methyl sites for hydroxylation is 1. The van der Waals surface area contributed by atoms with Gasteiger partial charge in [0, 0.05) is 57.2 Å². The highest BCUT2D eigenvalue weighted by Crippen LogP contribution is 2.32. The van der Waals surface area contributed by atoms with Gasteiger partial charge in [0.05, 0.1) is 16.9 Å². The molecule has 3 aromatic heterocycles. The minimum absolute atomic E-state index is 0.0248. The van der Waals surface area contributed by atoms with E-state index < -0.39 is 0 Å². The average Bonchev–Trinajstić information content (AvgIpc) is 3.52. The number of likely N-dealkylation sites (N-methyl/N-ethyl adjacent to an activating group) is 1. The molecule has 1 fully saturated rings. The van der Waals surface area contributed by atoms with Crippen LogP contribution in [0.1, 0.15) is 18.5 Å². The smallest absolute Gasteiger partial charge is 0.257 e. The molecule has 4 aromatic rings. The van der Waals surface area contributed by atoms with Gasteiger partial charge in [-0.05, 0) is 49.2 Å². The normalized spacial score (nSPS) is 14.8. The highest BCUT2D eigenvalue weighted by molar-refractivity contribution is 6.34. The third-order valence-corrected chi connectivity index (χ3v) is 6.91. The predicted molar refractivity (Wildman–Crippen MR) is 141 cm³/mol. The molecule has 3 N–H and O–H groups in total. The van der Waals surface area contributed by atoms with Crippen molar-refractivity contribution >= 4 is 34.4 Å². The van der Waals surface area contributed by atoms with E-state index in [1.807, 2.05) is 24.3 Å². The van der Waals surface area contributed by atoms with Crippen LogP contribution in [-0.4, -0.2) is 63.1 Å². The van der Waals surface area contributed by atoms with Crippen molar-refractivity contribution < 1.29 is 9.53 Å². The van der Waals surface area contributed by atoms with Crippen molar-refractivity contribution in [2.75, 3.05) is 32.1 Å². The molecule has 0 bridgehead atoms. The van der Waals surface area contributed by atoms with Crippen molar-refractivity contribution in [2.45, 2.75) is 25.4 Å². The Hall–Kier alpha value is -3.56. The maximum atomic E-state index is 11.4. The topological polar surface area (TPSA) is 100 Å². The summed E-state index contributed by atoms with van der Waals surface area (Å²) in [6.45, 7) is 2.99. The number of halogens is 1. The molecule has 5 rings (SSSR count). The van der Waals surface area contributed by atoms with Crippen molar-refractivity contribution in [3.05, 3.63) is 59.5 Å². The number of piperidine rings is 1. The van der Waals surface area contributed by atoms with Crippen molar-refractivity contribution in [3.63, 3.8) is 0 Å². The summed E-state index contributed by atoms with van der Waals surface area (Å²) in [5, 5.41) is 6.76. The number of nitrogens with one attached hydrogen (secondary N) is 3. The summed E-state index contributed by atoms with van der Waals surface area (Å²) in [6, 6.07) is 12.0. The summed E-state index contributed by atoms with van der Waals surface area (Å²) in [5.41, 5.74) is 4.46. The molecule has 1 aliphatic rings. The monoisotopic (exact) mass is 507 g/mol. The third kappa shape index (κ3) is 5.32. The number of likely N-dealkylation sites (tertiary alicyclic amines) is 1. The van der Waals surface area contributed by atoms with Crippen LogP contribution in [0.2, 0.25) is 5.02 Å². The Morgan fingerprint density at radius 1 is 1.22 bits per heavy atom. The molecule has 0 spiro atoms. The van der Waals surface area contributed by atoms with Gasteiger partial charge >= 0.3 is 0 Å². The molecular formula is C26H30ClN7O2. The number of hydrogen-bond donors (Lipinski definition) is 3. The summed E-state index contributed by atoms with van der Waals surface area (Å²) in [4.78, 5) is 26.4. The number of benzene rings is 1. The van der Waals surface area contributed by atoms with Gasteiger partial charge in [-0.15, -0.1) is 0 Å². The first-order valence-electron chi connectivity index (χ1n) is 12.1. The number of carbonyl (C=O) groups excluding carboxylic acids is 1. The van der Waals surface area contributed by atoms with Crippen LogP contribution < -0.4 is 15.4 Å². The second-order valence-corrected chi connectivity index (χ2v) is 9.46. The molecule has 0 radical (unpaired) electrons. The predicted octanol–water partition coefficient (Wildman–Crippen LogP) is 3.82. The second-order valence-electron chi connectivity index (χ2n) is 9.06. The molecule has 0 saturated carbocycles. The number of amides is 1. The van der Waals surface area contributed by atoms with Crippen molar-refractivity contribution in [1.29, 1.82) is 0 Å². The third-order valence-electron chi connectivity index (χ3n) is 6.62. The van der Waals surface area contributed by atoms with Crippen LogP contribution in [0.3, 0.4) is 0 Å². The lowest BCUT2D eigenvalue weighted by atomic mass is 10.0. The van der Waals surface area contributed by atoms with Crippen LogP contribution in [0, 0.1) is 0 Å². The number of ether oxygens (including phenoxy) is 1. The summed E-state index contributed by atoms with van der Waals surface area (Å²) in [6.07, 6.45) is 5.80. The van der Waals surface area contributed by atoms with Crippen LogP contribution in [0.4, 0.5) is 5.69 Å². The summed E-state index contributed by atoms with van der Waals surface area (Å²) < 4.78 is 7.66. The van der Waals surface area contributed by atoms with Gasteiger partial charge in [0.2, 0.25) is 0 Å². The fourth-order valence-corrected chi connectivity index (χ4v) is 4.67.